The van der Waals surface area contributed by atoms with Gasteiger partial charge in [0.2, 0.25) is 0 Å². The van der Waals surface area contributed by atoms with Gasteiger partial charge in [-0.05, 0) is 43.5 Å². The Morgan fingerprint density at radius 1 is 1.00 bits per heavy atom. The van der Waals surface area contributed by atoms with Crippen molar-refractivity contribution in [3.8, 4) is 5.75 Å². The summed E-state index contributed by atoms with van der Waals surface area (Å²) < 4.78 is 15.4. The molecule has 0 bridgehead atoms. The lowest BCUT2D eigenvalue weighted by atomic mass is 10.2. The van der Waals surface area contributed by atoms with Crippen LogP contribution in [0.1, 0.15) is 29.6 Å². The number of ether oxygens (including phenoxy) is 3. The molecule has 0 aliphatic heterocycles. The Kier molecular flexibility index (Phi) is 9.19. The maximum atomic E-state index is 11.8. The first kappa shape index (κ1) is 17.4. The molecule has 6 heteroatoms. The van der Waals surface area contributed by atoms with E-state index < -0.39 is 0 Å². The number of hydrogen-bond acceptors (Lipinski definition) is 6. The largest absolute Gasteiger partial charge is 0.491 e. The molecule has 0 heterocycles. The first-order chi connectivity index (χ1) is 10.3. The van der Waals surface area contributed by atoms with Crippen LogP contribution in [0.15, 0.2) is 24.3 Å². The Balaban J connectivity index is 2.24. The van der Waals surface area contributed by atoms with Crippen LogP contribution in [0.25, 0.3) is 0 Å². The zero-order chi connectivity index (χ0) is 15.3. The SMILES string of the molecule is COCCOc1ccc(C(=O)OCCCCCOO)cc1. The van der Waals surface area contributed by atoms with E-state index in [0.29, 0.717) is 37.7 Å². The topological polar surface area (TPSA) is 74.2 Å². The molecule has 0 aliphatic carbocycles. The lowest BCUT2D eigenvalue weighted by molar-refractivity contribution is -0.242. The smallest absolute Gasteiger partial charge is 0.338 e. The summed E-state index contributed by atoms with van der Waals surface area (Å²) in [6.07, 6.45) is 2.31. The summed E-state index contributed by atoms with van der Waals surface area (Å²) in [4.78, 5) is 15.7. The first-order valence-electron chi connectivity index (χ1n) is 6.93. The van der Waals surface area contributed by atoms with Crippen LogP contribution in [0, 0.1) is 0 Å². The standard InChI is InChI=1S/C15H22O6/c1-18-11-12-19-14-7-5-13(6-8-14)15(16)20-9-3-2-4-10-21-17/h5-8,17H,2-4,9-12H2,1H3. The highest BCUT2D eigenvalue weighted by atomic mass is 17.1. The van der Waals surface area contributed by atoms with Gasteiger partial charge in [0.1, 0.15) is 12.4 Å². The van der Waals surface area contributed by atoms with E-state index in [0.717, 1.165) is 19.3 Å². The number of carbonyl (C=O) groups is 1. The minimum atomic E-state index is -0.350. The second kappa shape index (κ2) is 11.1. The van der Waals surface area contributed by atoms with Crippen molar-refractivity contribution in [3.63, 3.8) is 0 Å². The summed E-state index contributed by atoms with van der Waals surface area (Å²) in [5.74, 6) is 0.337. The first-order valence-corrected chi connectivity index (χ1v) is 6.93. The minimum Gasteiger partial charge on any atom is -0.491 e. The van der Waals surface area contributed by atoms with Crippen LogP contribution in [-0.4, -0.2) is 44.8 Å². The minimum absolute atomic E-state index is 0.304. The third kappa shape index (κ3) is 7.65. The third-order valence-electron chi connectivity index (χ3n) is 2.76. The Labute approximate surface area is 124 Å². The van der Waals surface area contributed by atoms with Crippen molar-refractivity contribution in [1.82, 2.24) is 0 Å². The van der Waals surface area contributed by atoms with Gasteiger partial charge in [-0.3, -0.25) is 5.26 Å². The van der Waals surface area contributed by atoms with Gasteiger partial charge in [0.15, 0.2) is 0 Å². The molecule has 0 fully saturated rings. The van der Waals surface area contributed by atoms with Gasteiger partial charge in [-0.2, -0.15) is 0 Å². The Bertz CT molecular complexity index is 390. The fourth-order valence-corrected chi connectivity index (χ4v) is 1.62. The molecule has 1 aromatic rings. The molecular weight excluding hydrogens is 276 g/mol. The van der Waals surface area contributed by atoms with Crippen LogP contribution in [-0.2, 0) is 14.4 Å². The monoisotopic (exact) mass is 298 g/mol. The Hall–Kier alpha value is -1.63. The van der Waals surface area contributed by atoms with Crippen LogP contribution in [0.3, 0.4) is 0 Å². The van der Waals surface area contributed by atoms with Crippen molar-refractivity contribution < 1.29 is 29.1 Å². The molecule has 1 aromatic carbocycles. The van der Waals surface area contributed by atoms with Crippen LogP contribution < -0.4 is 4.74 Å². The van der Waals surface area contributed by atoms with E-state index in [1.54, 1.807) is 31.4 Å². The molecular formula is C15H22O6. The summed E-state index contributed by atoms with van der Waals surface area (Å²) in [5, 5.41) is 8.15. The highest BCUT2D eigenvalue weighted by Crippen LogP contribution is 2.13. The van der Waals surface area contributed by atoms with E-state index in [9.17, 15) is 4.79 Å². The fourth-order valence-electron chi connectivity index (χ4n) is 1.62. The molecule has 0 aromatic heterocycles. The number of esters is 1. The number of methoxy groups -OCH3 is 1. The lowest BCUT2D eigenvalue weighted by Crippen LogP contribution is -2.07. The number of benzene rings is 1. The van der Waals surface area contributed by atoms with Gasteiger partial charge in [-0.15, -0.1) is 0 Å². The maximum absolute atomic E-state index is 11.8. The highest BCUT2D eigenvalue weighted by Gasteiger charge is 2.06. The van der Waals surface area contributed by atoms with Crippen molar-refractivity contribution in [3.05, 3.63) is 29.8 Å². The van der Waals surface area contributed by atoms with Crippen LogP contribution >= 0.6 is 0 Å². The maximum Gasteiger partial charge on any atom is 0.338 e. The molecule has 0 amide bonds. The average molecular weight is 298 g/mol. The Morgan fingerprint density at radius 3 is 2.38 bits per heavy atom. The highest BCUT2D eigenvalue weighted by molar-refractivity contribution is 5.89. The van der Waals surface area contributed by atoms with Gasteiger partial charge in [-0.1, -0.05) is 0 Å². The summed E-state index contributed by atoms with van der Waals surface area (Å²) in [7, 11) is 1.61. The van der Waals surface area contributed by atoms with Crippen molar-refractivity contribution in [2.45, 2.75) is 19.3 Å². The van der Waals surface area contributed by atoms with Gasteiger partial charge in [0.05, 0.1) is 25.4 Å². The second-order valence-corrected chi connectivity index (χ2v) is 4.40. The molecule has 6 nitrogen and oxygen atoms in total. The van der Waals surface area contributed by atoms with Gasteiger partial charge < -0.3 is 14.2 Å². The zero-order valence-corrected chi connectivity index (χ0v) is 12.2. The van der Waals surface area contributed by atoms with E-state index in [1.165, 1.54) is 0 Å². The molecule has 0 saturated carbocycles. The van der Waals surface area contributed by atoms with E-state index >= 15 is 0 Å². The second-order valence-electron chi connectivity index (χ2n) is 4.40. The van der Waals surface area contributed by atoms with Crippen LogP contribution in [0.5, 0.6) is 5.75 Å². The molecule has 0 unspecified atom stereocenters. The number of unbranched alkanes of at least 4 members (excludes halogenated alkanes) is 2. The molecule has 0 aliphatic rings. The van der Waals surface area contributed by atoms with Gasteiger partial charge in [-0.25, -0.2) is 9.68 Å². The van der Waals surface area contributed by atoms with Crippen molar-refractivity contribution in [2.75, 3.05) is 33.5 Å². The molecule has 118 valence electrons. The molecule has 0 spiro atoms. The normalized spacial score (nSPS) is 10.4. The van der Waals surface area contributed by atoms with Crippen molar-refractivity contribution in [2.24, 2.45) is 0 Å². The van der Waals surface area contributed by atoms with Gasteiger partial charge >= 0.3 is 5.97 Å². The molecule has 21 heavy (non-hydrogen) atoms. The van der Waals surface area contributed by atoms with Gasteiger partial charge in [0.25, 0.3) is 0 Å². The molecule has 1 N–H and O–H groups in total. The van der Waals surface area contributed by atoms with Crippen molar-refractivity contribution >= 4 is 5.97 Å². The molecule has 1 rings (SSSR count). The van der Waals surface area contributed by atoms with E-state index in [1.807, 2.05) is 0 Å². The van der Waals surface area contributed by atoms with Crippen LogP contribution in [0.2, 0.25) is 0 Å². The summed E-state index contributed by atoms with van der Waals surface area (Å²) in [6, 6.07) is 6.80. The predicted molar refractivity (Wildman–Crippen MR) is 76.5 cm³/mol. The lowest BCUT2D eigenvalue weighted by Gasteiger charge is -2.07. The molecule has 0 saturated heterocycles. The summed E-state index contributed by atoms with van der Waals surface area (Å²) in [6.45, 7) is 1.65. The quantitative estimate of drug-likeness (QED) is 0.293. The number of hydrogen-bond donors (Lipinski definition) is 1. The summed E-state index contributed by atoms with van der Waals surface area (Å²) in [5.41, 5.74) is 0.493. The average Bonchev–Trinajstić information content (AvgIpc) is 2.51. The predicted octanol–water partition coefficient (Wildman–Crippen LogP) is 2.53. The third-order valence-corrected chi connectivity index (χ3v) is 2.76. The van der Waals surface area contributed by atoms with E-state index in [-0.39, 0.29) is 5.97 Å². The Morgan fingerprint density at radius 2 is 1.71 bits per heavy atom. The molecule has 0 atom stereocenters. The number of carbonyl (C=O) groups excluding carboxylic acids is 1. The summed E-state index contributed by atoms with van der Waals surface area (Å²) >= 11 is 0. The van der Waals surface area contributed by atoms with Crippen LogP contribution in [0.4, 0.5) is 0 Å². The fraction of sp³-hybridized carbons (Fsp3) is 0.533. The van der Waals surface area contributed by atoms with E-state index in [2.05, 4.69) is 4.89 Å². The van der Waals surface area contributed by atoms with Crippen molar-refractivity contribution in [1.29, 1.82) is 0 Å². The van der Waals surface area contributed by atoms with Gasteiger partial charge in [0, 0.05) is 7.11 Å². The number of rotatable bonds is 11. The zero-order valence-electron chi connectivity index (χ0n) is 12.2. The molecule has 0 radical (unpaired) electrons. The van der Waals surface area contributed by atoms with E-state index in [4.69, 9.17) is 19.5 Å².